The Morgan fingerprint density at radius 2 is 2.12 bits per heavy atom. The number of aliphatic hydroxyl groups excluding tert-OH is 3. The lowest BCUT2D eigenvalue weighted by Gasteiger charge is -2.12. The molecule has 1 rings (SSSR count). The van der Waals surface area contributed by atoms with Crippen LogP contribution in [0.25, 0.3) is 0 Å². The molecular formula is C13H20O4. The summed E-state index contributed by atoms with van der Waals surface area (Å²) in [6, 6.07) is 0. The largest absolute Gasteiger partial charge is 0.393 e. The van der Waals surface area contributed by atoms with Gasteiger partial charge in [-0.2, -0.15) is 0 Å². The van der Waals surface area contributed by atoms with Crippen molar-refractivity contribution in [3.8, 4) is 0 Å². The molecule has 0 aromatic carbocycles. The Bertz CT molecular complexity index is 296. The van der Waals surface area contributed by atoms with Crippen molar-refractivity contribution >= 4 is 0 Å². The zero-order chi connectivity index (χ0) is 12.7. The Morgan fingerprint density at radius 3 is 2.76 bits per heavy atom. The molecule has 0 aliphatic carbocycles. The summed E-state index contributed by atoms with van der Waals surface area (Å²) >= 11 is 0. The molecule has 4 atom stereocenters. The van der Waals surface area contributed by atoms with Gasteiger partial charge >= 0.3 is 0 Å². The van der Waals surface area contributed by atoms with Gasteiger partial charge in [-0.25, -0.2) is 0 Å². The number of ether oxygens (including phenoxy) is 1. The summed E-state index contributed by atoms with van der Waals surface area (Å²) in [5.74, 6) is -0.0351. The van der Waals surface area contributed by atoms with Crippen LogP contribution in [0.2, 0.25) is 0 Å². The molecule has 4 nitrogen and oxygen atoms in total. The van der Waals surface area contributed by atoms with Gasteiger partial charge in [-0.3, -0.25) is 0 Å². The van der Waals surface area contributed by atoms with Crippen LogP contribution in [0.15, 0.2) is 36.5 Å². The summed E-state index contributed by atoms with van der Waals surface area (Å²) < 4.78 is 5.40. The Morgan fingerprint density at radius 1 is 1.35 bits per heavy atom. The van der Waals surface area contributed by atoms with Crippen LogP contribution in [0, 0.1) is 5.92 Å². The number of allylic oxidation sites excluding steroid dienone is 3. The highest BCUT2D eigenvalue weighted by molar-refractivity contribution is 5.09. The van der Waals surface area contributed by atoms with Gasteiger partial charge in [0.05, 0.1) is 25.4 Å². The average molecular weight is 240 g/mol. The van der Waals surface area contributed by atoms with E-state index in [1.54, 1.807) is 6.08 Å². The molecule has 0 bridgehead atoms. The molecule has 0 unspecified atom stereocenters. The fraction of sp³-hybridized carbons (Fsp3) is 0.538. The van der Waals surface area contributed by atoms with Crippen molar-refractivity contribution < 1.29 is 20.1 Å². The lowest BCUT2D eigenvalue weighted by atomic mass is 10.0. The maximum atomic E-state index is 9.94. The zero-order valence-electron chi connectivity index (χ0n) is 9.94. The molecule has 1 aliphatic rings. The predicted molar refractivity (Wildman–Crippen MR) is 65.4 cm³/mol. The first-order valence-electron chi connectivity index (χ1n) is 5.75. The Hall–Kier alpha value is -0.940. The lowest BCUT2D eigenvalue weighted by molar-refractivity contribution is 0.0704. The van der Waals surface area contributed by atoms with E-state index in [0.29, 0.717) is 6.61 Å². The van der Waals surface area contributed by atoms with Crippen molar-refractivity contribution in [3.05, 3.63) is 36.5 Å². The van der Waals surface area contributed by atoms with Crippen LogP contribution < -0.4 is 0 Å². The van der Waals surface area contributed by atoms with E-state index in [2.05, 4.69) is 0 Å². The van der Waals surface area contributed by atoms with E-state index in [-0.39, 0.29) is 12.5 Å². The number of hydrogen-bond donors (Lipinski definition) is 3. The highest BCUT2D eigenvalue weighted by Crippen LogP contribution is 2.22. The van der Waals surface area contributed by atoms with E-state index in [1.165, 1.54) is 6.08 Å². The molecule has 1 aliphatic heterocycles. The van der Waals surface area contributed by atoms with Crippen molar-refractivity contribution in [2.75, 3.05) is 13.2 Å². The van der Waals surface area contributed by atoms with Crippen LogP contribution in [0.4, 0.5) is 0 Å². The first-order chi connectivity index (χ1) is 8.19. The fourth-order valence-corrected chi connectivity index (χ4v) is 1.62. The molecule has 1 heterocycles. The minimum absolute atomic E-state index is 0.0351. The zero-order valence-corrected chi connectivity index (χ0v) is 9.94. The molecule has 3 N–H and O–H groups in total. The molecule has 1 fully saturated rings. The second kappa shape index (κ2) is 7.40. The van der Waals surface area contributed by atoms with E-state index in [4.69, 9.17) is 14.9 Å². The highest BCUT2D eigenvalue weighted by atomic mass is 16.5. The summed E-state index contributed by atoms with van der Waals surface area (Å²) in [7, 11) is 0. The maximum absolute atomic E-state index is 9.94. The molecule has 0 radical (unpaired) electrons. The third kappa shape index (κ3) is 4.44. The Kier molecular flexibility index (Phi) is 6.15. The highest BCUT2D eigenvalue weighted by Gasteiger charge is 2.32. The fourth-order valence-electron chi connectivity index (χ4n) is 1.62. The quantitative estimate of drug-likeness (QED) is 0.481. The minimum atomic E-state index is -0.900. The summed E-state index contributed by atoms with van der Waals surface area (Å²) in [6.07, 6.45) is 8.69. The predicted octanol–water partition coefficient (Wildman–Crippen LogP) is 0.404. The van der Waals surface area contributed by atoms with Crippen LogP contribution in [-0.2, 0) is 4.74 Å². The van der Waals surface area contributed by atoms with Gasteiger partial charge in [0.2, 0.25) is 0 Å². The van der Waals surface area contributed by atoms with E-state index in [1.807, 2.05) is 31.2 Å². The summed E-state index contributed by atoms with van der Waals surface area (Å²) in [6.45, 7) is 2.05. The summed E-state index contributed by atoms with van der Waals surface area (Å²) in [5, 5.41) is 27.7. The van der Waals surface area contributed by atoms with Crippen LogP contribution in [0.5, 0.6) is 0 Å². The normalized spacial score (nSPS) is 32.1. The smallest absolute Gasteiger partial charge is 0.102 e. The minimum Gasteiger partial charge on any atom is -0.393 e. The number of hydrogen-bond acceptors (Lipinski definition) is 4. The molecular weight excluding hydrogens is 220 g/mol. The molecule has 0 aromatic rings. The van der Waals surface area contributed by atoms with Gasteiger partial charge in [-0.1, -0.05) is 36.5 Å². The van der Waals surface area contributed by atoms with Gasteiger partial charge in [0.1, 0.15) is 6.10 Å². The standard InChI is InChI=1S/C13H20O4/c1-2-3-4-5-10-9-17-12(13(10)16)7-6-11(15)8-14/h2-7,10-16H,8-9H2,1H3/b3-2+,5-4+,7-6+/t10-,11-,12+,13-/m1/s1. The molecule has 1 saturated heterocycles. The average Bonchev–Trinajstić information content (AvgIpc) is 2.68. The first kappa shape index (κ1) is 14.1. The van der Waals surface area contributed by atoms with E-state index < -0.39 is 18.3 Å². The van der Waals surface area contributed by atoms with Crippen molar-refractivity contribution in [3.63, 3.8) is 0 Å². The van der Waals surface area contributed by atoms with Crippen LogP contribution in [0.3, 0.4) is 0 Å². The lowest BCUT2D eigenvalue weighted by Crippen LogP contribution is -2.24. The monoisotopic (exact) mass is 240 g/mol. The number of rotatable bonds is 5. The first-order valence-corrected chi connectivity index (χ1v) is 5.75. The molecule has 0 spiro atoms. The SMILES string of the molecule is C/C=C/C=C/[C@@H]1CO[C@@H](/C=C/[C@@H](O)CO)[C@@H]1O. The Labute approximate surface area is 102 Å². The molecule has 4 heteroatoms. The van der Waals surface area contributed by atoms with Crippen molar-refractivity contribution in [1.29, 1.82) is 0 Å². The van der Waals surface area contributed by atoms with E-state index in [9.17, 15) is 5.11 Å². The summed E-state index contributed by atoms with van der Waals surface area (Å²) in [5.41, 5.74) is 0. The second-order valence-electron chi connectivity index (χ2n) is 4.00. The topological polar surface area (TPSA) is 69.9 Å². The Balaban J connectivity index is 2.49. The van der Waals surface area contributed by atoms with Crippen LogP contribution in [0.1, 0.15) is 6.92 Å². The number of aliphatic hydroxyl groups is 3. The molecule has 0 amide bonds. The summed E-state index contributed by atoms with van der Waals surface area (Å²) in [4.78, 5) is 0. The van der Waals surface area contributed by atoms with Gasteiger partial charge in [-0.05, 0) is 6.92 Å². The molecule has 0 saturated carbocycles. The molecule has 17 heavy (non-hydrogen) atoms. The maximum Gasteiger partial charge on any atom is 0.102 e. The van der Waals surface area contributed by atoms with Gasteiger partial charge in [-0.15, -0.1) is 0 Å². The van der Waals surface area contributed by atoms with Gasteiger partial charge in [0, 0.05) is 5.92 Å². The van der Waals surface area contributed by atoms with E-state index >= 15 is 0 Å². The van der Waals surface area contributed by atoms with Crippen LogP contribution in [-0.4, -0.2) is 46.8 Å². The van der Waals surface area contributed by atoms with Crippen LogP contribution >= 0.6 is 0 Å². The third-order valence-electron chi connectivity index (χ3n) is 2.63. The van der Waals surface area contributed by atoms with Gasteiger partial charge in [0.25, 0.3) is 0 Å². The van der Waals surface area contributed by atoms with Crippen molar-refractivity contribution in [1.82, 2.24) is 0 Å². The van der Waals surface area contributed by atoms with Crippen molar-refractivity contribution in [2.45, 2.75) is 25.2 Å². The van der Waals surface area contributed by atoms with Gasteiger partial charge in [0.15, 0.2) is 0 Å². The van der Waals surface area contributed by atoms with Crippen molar-refractivity contribution in [2.24, 2.45) is 5.92 Å². The molecule has 0 aromatic heterocycles. The van der Waals surface area contributed by atoms with Gasteiger partial charge < -0.3 is 20.1 Å². The molecule has 96 valence electrons. The third-order valence-corrected chi connectivity index (χ3v) is 2.63. The second-order valence-corrected chi connectivity index (χ2v) is 4.00. The van der Waals surface area contributed by atoms with E-state index in [0.717, 1.165) is 0 Å².